The Labute approximate surface area is 165 Å². The summed E-state index contributed by atoms with van der Waals surface area (Å²) >= 11 is 17.9. The Hall–Kier alpha value is -1.90. The fourth-order valence-corrected chi connectivity index (χ4v) is 3.10. The van der Waals surface area contributed by atoms with Crippen molar-refractivity contribution >= 4 is 52.7 Å². The zero-order valence-electron chi connectivity index (χ0n) is 13.9. The van der Waals surface area contributed by atoms with Gasteiger partial charge in [-0.05, 0) is 12.1 Å². The molecule has 0 aromatic heterocycles. The number of rotatable bonds is 7. The zero-order valence-corrected chi connectivity index (χ0v) is 16.2. The lowest BCUT2D eigenvalue weighted by Crippen LogP contribution is -2.44. The Morgan fingerprint density at radius 1 is 1.23 bits per heavy atom. The number of aliphatic imine (C=N–C) groups is 1. The highest BCUT2D eigenvalue weighted by atomic mass is 35.5. The lowest BCUT2D eigenvalue weighted by Gasteiger charge is -2.16. The first-order chi connectivity index (χ1) is 12.4. The maximum absolute atomic E-state index is 11.5. The zero-order chi connectivity index (χ0) is 19.1. The molecule has 11 heteroatoms. The second-order valence-corrected chi connectivity index (χ2v) is 6.43. The van der Waals surface area contributed by atoms with Crippen LogP contribution in [0.15, 0.2) is 17.1 Å². The first-order valence-corrected chi connectivity index (χ1v) is 8.86. The van der Waals surface area contributed by atoms with Crippen LogP contribution in [-0.4, -0.2) is 62.6 Å². The number of amides is 3. The summed E-state index contributed by atoms with van der Waals surface area (Å²) in [6.07, 6.45) is 0. The Kier molecular flexibility index (Phi) is 7.62. The summed E-state index contributed by atoms with van der Waals surface area (Å²) in [6, 6.07) is 2.71. The van der Waals surface area contributed by atoms with Gasteiger partial charge < -0.3 is 20.7 Å². The van der Waals surface area contributed by atoms with Crippen LogP contribution in [0.1, 0.15) is 0 Å². The number of guanidine groups is 1. The second kappa shape index (κ2) is 9.70. The quantitative estimate of drug-likeness (QED) is 0.269. The van der Waals surface area contributed by atoms with Crippen molar-refractivity contribution in [3.63, 3.8) is 0 Å². The van der Waals surface area contributed by atoms with Gasteiger partial charge in [-0.25, -0.2) is 4.79 Å². The van der Waals surface area contributed by atoms with Crippen LogP contribution in [0.25, 0.3) is 0 Å². The molecule has 3 N–H and O–H groups in total. The smallest absolute Gasteiger partial charge is 0.324 e. The van der Waals surface area contributed by atoms with E-state index in [0.29, 0.717) is 39.9 Å². The number of benzene rings is 1. The largest absolute Gasteiger partial charge is 0.489 e. The maximum Gasteiger partial charge on any atom is 0.324 e. The van der Waals surface area contributed by atoms with E-state index in [4.69, 9.17) is 39.5 Å². The topological polar surface area (TPSA) is 95.1 Å². The van der Waals surface area contributed by atoms with E-state index >= 15 is 0 Å². The summed E-state index contributed by atoms with van der Waals surface area (Å²) in [5, 5.41) is 9.60. The normalized spacial score (nSPS) is 14.5. The fraction of sp³-hybridized carbons (Fsp3) is 0.400. The number of carbonyl (C=O) groups is 2. The van der Waals surface area contributed by atoms with Crippen LogP contribution < -0.4 is 20.7 Å². The summed E-state index contributed by atoms with van der Waals surface area (Å²) in [5.74, 6) is 0.625. The molecule has 142 valence electrons. The van der Waals surface area contributed by atoms with Gasteiger partial charge in [0.05, 0.1) is 23.1 Å². The third-order valence-electron chi connectivity index (χ3n) is 3.39. The molecule has 1 heterocycles. The monoisotopic (exact) mass is 421 g/mol. The van der Waals surface area contributed by atoms with Crippen LogP contribution in [0.2, 0.25) is 15.1 Å². The minimum Gasteiger partial charge on any atom is -0.489 e. The summed E-state index contributed by atoms with van der Waals surface area (Å²) in [7, 11) is 1.61. The number of halogens is 3. The van der Waals surface area contributed by atoms with E-state index in [1.807, 2.05) is 0 Å². The van der Waals surface area contributed by atoms with Gasteiger partial charge in [0.2, 0.25) is 5.91 Å². The number of imide groups is 1. The lowest BCUT2D eigenvalue weighted by atomic mass is 10.3. The number of ether oxygens (including phenoxy) is 1. The van der Waals surface area contributed by atoms with E-state index in [0.717, 1.165) is 4.90 Å². The highest BCUT2D eigenvalue weighted by Gasteiger charge is 2.27. The molecule has 0 radical (unpaired) electrons. The second-order valence-electron chi connectivity index (χ2n) is 5.18. The van der Waals surface area contributed by atoms with Crippen molar-refractivity contribution in [2.45, 2.75) is 0 Å². The van der Waals surface area contributed by atoms with Crippen LogP contribution in [0.5, 0.6) is 5.75 Å². The van der Waals surface area contributed by atoms with E-state index in [2.05, 4.69) is 20.9 Å². The predicted octanol–water partition coefficient (Wildman–Crippen LogP) is 1.74. The maximum atomic E-state index is 11.5. The Morgan fingerprint density at radius 2 is 1.88 bits per heavy atom. The van der Waals surface area contributed by atoms with Crippen molar-refractivity contribution in [2.75, 3.05) is 39.8 Å². The number of hydrogen-bond acceptors (Lipinski definition) is 4. The van der Waals surface area contributed by atoms with Gasteiger partial charge in [-0.3, -0.25) is 14.7 Å². The van der Waals surface area contributed by atoms with Gasteiger partial charge in [0.1, 0.15) is 6.61 Å². The molecule has 1 aromatic carbocycles. The summed E-state index contributed by atoms with van der Waals surface area (Å²) < 4.78 is 5.56. The fourth-order valence-electron chi connectivity index (χ4n) is 2.18. The van der Waals surface area contributed by atoms with Gasteiger partial charge in [0, 0.05) is 25.2 Å². The van der Waals surface area contributed by atoms with Gasteiger partial charge >= 0.3 is 6.03 Å². The highest BCUT2D eigenvalue weighted by molar-refractivity contribution is 6.40. The summed E-state index contributed by atoms with van der Waals surface area (Å²) in [5.41, 5.74) is 0. The first-order valence-electron chi connectivity index (χ1n) is 7.72. The molecule has 0 bridgehead atoms. The molecule has 0 unspecified atom stereocenters. The van der Waals surface area contributed by atoms with Gasteiger partial charge in [0.15, 0.2) is 11.7 Å². The van der Waals surface area contributed by atoms with Gasteiger partial charge in [-0.15, -0.1) is 0 Å². The van der Waals surface area contributed by atoms with Crippen molar-refractivity contribution in [3.8, 4) is 5.75 Å². The predicted molar refractivity (Wildman–Crippen MR) is 101 cm³/mol. The van der Waals surface area contributed by atoms with E-state index in [1.165, 1.54) is 0 Å². The van der Waals surface area contributed by atoms with Crippen LogP contribution >= 0.6 is 34.8 Å². The standard InChI is InChI=1S/C15H18Cl3N5O3/c1-19-14(20-2-4-23-12(24)8-22-15(23)25)21-3-5-26-13-10(17)6-9(16)7-11(13)18/h6-7H,2-5,8H2,1H3,(H,22,25)(H2,19,20,21). The van der Waals surface area contributed by atoms with E-state index < -0.39 is 0 Å². The molecular formula is C15H18Cl3N5O3. The van der Waals surface area contributed by atoms with Crippen molar-refractivity contribution in [2.24, 2.45) is 4.99 Å². The van der Waals surface area contributed by atoms with Crippen LogP contribution in [0.4, 0.5) is 4.79 Å². The average Bonchev–Trinajstić information content (AvgIpc) is 2.90. The minimum atomic E-state index is -0.384. The van der Waals surface area contributed by atoms with Crippen LogP contribution in [0, 0.1) is 0 Å². The van der Waals surface area contributed by atoms with Crippen LogP contribution in [0.3, 0.4) is 0 Å². The molecule has 3 amide bonds. The van der Waals surface area contributed by atoms with Crippen molar-refractivity contribution < 1.29 is 14.3 Å². The number of hydrogen-bond donors (Lipinski definition) is 3. The van der Waals surface area contributed by atoms with Crippen molar-refractivity contribution in [1.29, 1.82) is 0 Å². The Morgan fingerprint density at radius 3 is 2.46 bits per heavy atom. The van der Waals surface area contributed by atoms with E-state index in [9.17, 15) is 9.59 Å². The SMILES string of the molecule is CN=C(NCCOc1c(Cl)cc(Cl)cc1Cl)NCCN1C(=O)CNC1=O. The molecule has 0 saturated carbocycles. The molecule has 1 fully saturated rings. The van der Waals surface area contributed by atoms with Crippen molar-refractivity contribution in [3.05, 3.63) is 27.2 Å². The minimum absolute atomic E-state index is 0.0406. The molecule has 0 spiro atoms. The molecule has 1 aliphatic heterocycles. The van der Waals surface area contributed by atoms with Gasteiger partial charge in [-0.1, -0.05) is 34.8 Å². The highest BCUT2D eigenvalue weighted by Crippen LogP contribution is 2.35. The lowest BCUT2D eigenvalue weighted by molar-refractivity contribution is -0.124. The third kappa shape index (κ3) is 5.55. The molecule has 26 heavy (non-hydrogen) atoms. The average molecular weight is 423 g/mol. The Bertz CT molecular complexity index is 675. The number of carbonyl (C=O) groups excluding carboxylic acids is 2. The summed E-state index contributed by atoms with van der Waals surface area (Å²) in [4.78, 5) is 28.1. The molecule has 0 aliphatic carbocycles. The number of nitrogens with one attached hydrogen (secondary N) is 3. The molecule has 1 aromatic rings. The molecular weight excluding hydrogens is 405 g/mol. The first kappa shape index (κ1) is 20.4. The molecule has 1 aliphatic rings. The number of urea groups is 1. The summed E-state index contributed by atoms with van der Waals surface area (Å²) in [6.45, 7) is 1.37. The molecule has 0 atom stereocenters. The molecule has 2 rings (SSSR count). The third-order valence-corrected chi connectivity index (χ3v) is 4.17. The van der Waals surface area contributed by atoms with Crippen molar-refractivity contribution in [1.82, 2.24) is 20.9 Å². The van der Waals surface area contributed by atoms with Gasteiger partial charge in [-0.2, -0.15) is 0 Å². The number of nitrogens with zero attached hydrogens (tertiary/aromatic N) is 2. The van der Waals surface area contributed by atoms with E-state index in [1.54, 1.807) is 19.2 Å². The van der Waals surface area contributed by atoms with Crippen LogP contribution in [-0.2, 0) is 4.79 Å². The molecule has 1 saturated heterocycles. The van der Waals surface area contributed by atoms with E-state index in [-0.39, 0.29) is 31.6 Å². The van der Waals surface area contributed by atoms with Gasteiger partial charge in [0.25, 0.3) is 0 Å². The Balaban J connectivity index is 1.71. The molecule has 8 nitrogen and oxygen atoms in total.